The first-order chi connectivity index (χ1) is 12.7. The van der Waals surface area contributed by atoms with E-state index in [1.54, 1.807) is 6.08 Å². The van der Waals surface area contributed by atoms with E-state index in [4.69, 9.17) is 14.2 Å². The van der Waals surface area contributed by atoms with Crippen molar-refractivity contribution in [3.63, 3.8) is 0 Å². The fourth-order valence-electron chi connectivity index (χ4n) is 6.30. The van der Waals surface area contributed by atoms with E-state index < -0.39 is 24.1 Å². The molecule has 0 aromatic heterocycles. The lowest BCUT2D eigenvalue weighted by Gasteiger charge is -2.61. The van der Waals surface area contributed by atoms with Crippen molar-refractivity contribution in [3.05, 3.63) is 11.6 Å². The minimum Gasteiger partial charge on any atom is -0.429 e. The van der Waals surface area contributed by atoms with Gasteiger partial charge in [-0.15, -0.1) is 0 Å². The second-order valence-corrected chi connectivity index (χ2v) is 9.54. The summed E-state index contributed by atoms with van der Waals surface area (Å²) in [5.41, 5.74) is -0.147. The van der Waals surface area contributed by atoms with Crippen LogP contribution in [0.2, 0.25) is 0 Å². The number of epoxide rings is 1. The van der Waals surface area contributed by atoms with Crippen molar-refractivity contribution < 1.29 is 29.2 Å². The third kappa shape index (κ3) is 2.64. The van der Waals surface area contributed by atoms with Crippen LogP contribution in [0.4, 0.5) is 0 Å². The van der Waals surface area contributed by atoms with E-state index in [2.05, 4.69) is 20.8 Å². The molecule has 152 valence electrons. The summed E-state index contributed by atoms with van der Waals surface area (Å²) in [5.74, 6) is 0.397. The Morgan fingerprint density at radius 2 is 2.04 bits per heavy atom. The van der Waals surface area contributed by atoms with Gasteiger partial charge in [0.05, 0.1) is 12.7 Å². The summed E-state index contributed by atoms with van der Waals surface area (Å²) in [5, 5.41) is 21.2. The molecule has 2 heterocycles. The number of hydrogen-bond donors (Lipinski definition) is 2. The molecule has 8 atom stereocenters. The van der Waals surface area contributed by atoms with Crippen LogP contribution in [0.25, 0.3) is 0 Å². The van der Waals surface area contributed by atoms with Gasteiger partial charge in [0, 0.05) is 18.1 Å². The second kappa shape index (κ2) is 6.28. The van der Waals surface area contributed by atoms with Crippen LogP contribution in [0.15, 0.2) is 11.6 Å². The SMILES string of the molecule is CO[C@H]1C=C(CC[C@]2(C)[C@H]3C[C@H](O)[C@H](O)[C@@]4(CO4)[C@]3(C)CC[C@@H]2C)C(=O)O1. The van der Waals surface area contributed by atoms with Crippen molar-refractivity contribution >= 4 is 5.97 Å². The van der Waals surface area contributed by atoms with Crippen molar-refractivity contribution in [2.45, 2.75) is 77.0 Å². The molecule has 2 aliphatic carbocycles. The number of rotatable bonds is 4. The van der Waals surface area contributed by atoms with Crippen molar-refractivity contribution in [2.24, 2.45) is 22.7 Å². The molecule has 0 bridgehead atoms. The van der Waals surface area contributed by atoms with E-state index in [-0.39, 0.29) is 22.7 Å². The number of carbonyl (C=O) groups excluding carboxylic acids is 1. The maximum absolute atomic E-state index is 12.1. The first kappa shape index (κ1) is 19.4. The third-order valence-corrected chi connectivity index (χ3v) is 8.52. The summed E-state index contributed by atoms with van der Waals surface area (Å²) in [6, 6.07) is 0. The molecule has 2 N–H and O–H groups in total. The molecule has 6 nitrogen and oxygen atoms in total. The van der Waals surface area contributed by atoms with Crippen molar-refractivity contribution in [1.82, 2.24) is 0 Å². The highest BCUT2D eigenvalue weighted by molar-refractivity contribution is 5.90. The lowest BCUT2D eigenvalue weighted by Crippen LogP contribution is -2.65. The Balaban J connectivity index is 1.60. The molecule has 4 rings (SSSR count). The monoisotopic (exact) mass is 380 g/mol. The number of hydrogen-bond acceptors (Lipinski definition) is 6. The fourth-order valence-corrected chi connectivity index (χ4v) is 6.30. The highest BCUT2D eigenvalue weighted by Crippen LogP contribution is 2.68. The molecule has 0 aromatic rings. The van der Waals surface area contributed by atoms with Crippen LogP contribution in [0, 0.1) is 22.7 Å². The van der Waals surface area contributed by atoms with Gasteiger partial charge >= 0.3 is 5.97 Å². The standard InChI is InChI=1S/C21H32O6/c1-12-5-8-20(3)15(10-14(22)17(23)21(20)11-26-21)19(12,2)7-6-13-9-16(25-4)27-18(13)24/h9,12,14-17,22-23H,5-8,10-11H2,1-4H3/t12-,14-,15+,16+,17-,19-,20+,21-/m0/s1. The van der Waals surface area contributed by atoms with E-state index in [1.807, 2.05) is 0 Å². The lowest BCUT2D eigenvalue weighted by molar-refractivity contribution is -0.197. The molecule has 1 spiro atoms. The number of cyclic esters (lactones) is 1. The first-order valence-electron chi connectivity index (χ1n) is 10.1. The maximum Gasteiger partial charge on any atom is 0.336 e. The summed E-state index contributed by atoms with van der Waals surface area (Å²) >= 11 is 0. The average molecular weight is 380 g/mol. The van der Waals surface area contributed by atoms with E-state index in [0.29, 0.717) is 30.9 Å². The molecule has 0 aromatic carbocycles. The number of methoxy groups -OCH3 is 1. The number of carbonyl (C=O) groups is 1. The molecular weight excluding hydrogens is 348 g/mol. The summed E-state index contributed by atoms with van der Waals surface area (Å²) < 4.78 is 16.1. The van der Waals surface area contributed by atoms with E-state index >= 15 is 0 Å². The molecule has 2 saturated carbocycles. The third-order valence-electron chi connectivity index (χ3n) is 8.52. The molecule has 3 fully saturated rings. The highest BCUT2D eigenvalue weighted by Gasteiger charge is 2.73. The normalized spacial score (nSPS) is 51.7. The van der Waals surface area contributed by atoms with Crippen LogP contribution >= 0.6 is 0 Å². The predicted molar refractivity (Wildman–Crippen MR) is 97.6 cm³/mol. The molecule has 0 unspecified atom stereocenters. The summed E-state index contributed by atoms with van der Waals surface area (Å²) in [4.78, 5) is 12.1. The molecule has 1 saturated heterocycles. The molecule has 4 aliphatic rings. The molecule has 2 aliphatic heterocycles. The van der Waals surface area contributed by atoms with Gasteiger partial charge in [-0.25, -0.2) is 4.79 Å². The van der Waals surface area contributed by atoms with Crippen LogP contribution < -0.4 is 0 Å². The largest absolute Gasteiger partial charge is 0.429 e. The van der Waals surface area contributed by atoms with Gasteiger partial charge in [0.2, 0.25) is 6.29 Å². The zero-order valence-electron chi connectivity index (χ0n) is 16.7. The number of fused-ring (bicyclic) bond motifs is 2. The number of esters is 1. The maximum atomic E-state index is 12.1. The Bertz CT molecular complexity index is 655. The van der Waals surface area contributed by atoms with Crippen molar-refractivity contribution in [1.29, 1.82) is 0 Å². The van der Waals surface area contributed by atoms with Gasteiger partial charge in [-0.05, 0) is 55.4 Å². The Labute approximate surface area is 160 Å². The molecule has 0 amide bonds. The molecule has 0 radical (unpaired) electrons. The number of aliphatic hydroxyl groups excluding tert-OH is 2. The van der Waals surface area contributed by atoms with Crippen molar-refractivity contribution in [2.75, 3.05) is 13.7 Å². The van der Waals surface area contributed by atoms with Crippen LogP contribution in [-0.2, 0) is 19.0 Å². The van der Waals surface area contributed by atoms with Crippen LogP contribution in [0.1, 0.15) is 52.9 Å². The average Bonchev–Trinajstić information content (AvgIpc) is 3.37. The second-order valence-electron chi connectivity index (χ2n) is 9.54. The summed E-state index contributed by atoms with van der Waals surface area (Å²) in [6.07, 6.45) is 3.72. The number of aliphatic hydroxyl groups is 2. The quantitative estimate of drug-likeness (QED) is 0.574. The topological polar surface area (TPSA) is 88.5 Å². The van der Waals surface area contributed by atoms with Gasteiger partial charge < -0.3 is 24.4 Å². The highest BCUT2D eigenvalue weighted by atomic mass is 16.7. The Hall–Kier alpha value is -0.950. The summed E-state index contributed by atoms with van der Waals surface area (Å²) in [6.45, 7) is 7.31. The van der Waals surface area contributed by atoms with Gasteiger partial charge in [0.25, 0.3) is 0 Å². The Kier molecular flexibility index (Phi) is 4.50. The smallest absolute Gasteiger partial charge is 0.336 e. The molecule has 6 heteroatoms. The Morgan fingerprint density at radius 1 is 1.33 bits per heavy atom. The van der Waals surface area contributed by atoms with Gasteiger partial charge in [-0.1, -0.05) is 20.8 Å². The Morgan fingerprint density at radius 3 is 2.63 bits per heavy atom. The first-order valence-corrected chi connectivity index (χ1v) is 10.1. The minimum absolute atomic E-state index is 0.0562. The molecular formula is C21H32O6. The summed E-state index contributed by atoms with van der Waals surface area (Å²) in [7, 11) is 1.52. The fraction of sp³-hybridized carbons (Fsp3) is 0.857. The van der Waals surface area contributed by atoms with E-state index in [0.717, 1.165) is 19.3 Å². The van der Waals surface area contributed by atoms with Crippen molar-refractivity contribution in [3.8, 4) is 0 Å². The minimum atomic E-state index is -0.814. The van der Waals surface area contributed by atoms with Gasteiger partial charge in [-0.2, -0.15) is 0 Å². The van der Waals surface area contributed by atoms with Crippen LogP contribution in [0.3, 0.4) is 0 Å². The predicted octanol–water partition coefficient (Wildman–Crippen LogP) is 2.18. The molecule has 27 heavy (non-hydrogen) atoms. The van der Waals surface area contributed by atoms with Crippen LogP contribution in [0.5, 0.6) is 0 Å². The van der Waals surface area contributed by atoms with Gasteiger partial charge in [0.15, 0.2) is 0 Å². The lowest BCUT2D eigenvalue weighted by atomic mass is 9.43. The van der Waals surface area contributed by atoms with Crippen LogP contribution in [-0.4, -0.2) is 54.0 Å². The van der Waals surface area contributed by atoms with Gasteiger partial charge in [0.1, 0.15) is 11.7 Å². The van der Waals surface area contributed by atoms with Gasteiger partial charge in [-0.3, -0.25) is 0 Å². The number of ether oxygens (including phenoxy) is 3. The zero-order chi connectivity index (χ0) is 19.6. The van der Waals surface area contributed by atoms with E-state index in [9.17, 15) is 15.0 Å². The van der Waals surface area contributed by atoms with E-state index in [1.165, 1.54) is 7.11 Å². The zero-order valence-corrected chi connectivity index (χ0v) is 16.7.